The quantitative estimate of drug-likeness (QED) is 0.869. The first-order chi connectivity index (χ1) is 8.17. The molecule has 4 nitrogen and oxygen atoms in total. The summed E-state index contributed by atoms with van der Waals surface area (Å²) in [6.45, 7) is 7.41. The molecule has 17 heavy (non-hydrogen) atoms. The summed E-state index contributed by atoms with van der Waals surface area (Å²) in [4.78, 5) is 11.2. The summed E-state index contributed by atoms with van der Waals surface area (Å²) in [5.74, 6) is 2.28. The van der Waals surface area contributed by atoms with Crippen molar-refractivity contribution in [3.05, 3.63) is 17.6 Å². The summed E-state index contributed by atoms with van der Waals surface area (Å²) in [6.07, 6.45) is 3.93. The van der Waals surface area contributed by atoms with Crippen LogP contribution < -0.4 is 5.73 Å². The summed E-state index contributed by atoms with van der Waals surface area (Å²) < 4.78 is 0. The zero-order chi connectivity index (χ0) is 12.3. The van der Waals surface area contributed by atoms with Crippen LogP contribution in [0.3, 0.4) is 0 Å². The van der Waals surface area contributed by atoms with Crippen molar-refractivity contribution < 1.29 is 0 Å². The first-order valence-electron chi connectivity index (χ1n) is 6.49. The Labute approximate surface area is 103 Å². The molecule has 0 amide bonds. The van der Waals surface area contributed by atoms with E-state index in [1.165, 1.54) is 25.8 Å². The number of hydrogen-bond acceptors (Lipinski definition) is 4. The lowest BCUT2D eigenvalue weighted by Crippen LogP contribution is -2.35. The van der Waals surface area contributed by atoms with Gasteiger partial charge in [0.25, 0.3) is 0 Å². The van der Waals surface area contributed by atoms with Gasteiger partial charge in [-0.15, -0.1) is 0 Å². The lowest BCUT2D eigenvalue weighted by atomic mass is 9.96. The number of piperidine rings is 1. The van der Waals surface area contributed by atoms with E-state index >= 15 is 0 Å². The van der Waals surface area contributed by atoms with Gasteiger partial charge in [-0.3, -0.25) is 4.90 Å². The lowest BCUT2D eigenvalue weighted by molar-refractivity contribution is 0.161. The Hall–Kier alpha value is -1.16. The van der Waals surface area contributed by atoms with E-state index in [2.05, 4.69) is 21.8 Å². The number of nitrogen functional groups attached to an aromatic ring is 1. The molecule has 0 bridgehead atoms. The molecule has 1 aliphatic rings. The van der Waals surface area contributed by atoms with E-state index in [1.54, 1.807) is 0 Å². The van der Waals surface area contributed by atoms with Crippen LogP contribution in [0.25, 0.3) is 0 Å². The van der Waals surface area contributed by atoms with Crippen LogP contribution in [0.1, 0.15) is 37.7 Å². The average Bonchev–Trinajstić information content (AvgIpc) is 2.28. The van der Waals surface area contributed by atoms with Gasteiger partial charge < -0.3 is 5.73 Å². The average molecular weight is 234 g/mol. The maximum Gasteiger partial charge on any atom is 0.144 e. The number of nitrogens with zero attached hydrogens (tertiary/aromatic N) is 3. The maximum atomic E-state index is 5.75. The van der Waals surface area contributed by atoms with E-state index in [9.17, 15) is 0 Å². The zero-order valence-electron chi connectivity index (χ0n) is 10.8. The van der Waals surface area contributed by atoms with Crippen molar-refractivity contribution in [2.24, 2.45) is 5.92 Å². The van der Waals surface area contributed by atoms with Crippen molar-refractivity contribution in [1.82, 2.24) is 14.9 Å². The summed E-state index contributed by atoms with van der Waals surface area (Å²) in [7, 11) is 0. The van der Waals surface area contributed by atoms with Crippen LogP contribution in [-0.4, -0.2) is 28.0 Å². The molecule has 2 rings (SSSR count). The Kier molecular flexibility index (Phi) is 3.94. The predicted octanol–water partition coefficient (Wildman–Crippen LogP) is 1.99. The Balaban J connectivity index is 2.00. The van der Waals surface area contributed by atoms with Crippen molar-refractivity contribution >= 4 is 5.82 Å². The smallest absolute Gasteiger partial charge is 0.144 e. The Bertz CT molecular complexity index is 357. The van der Waals surface area contributed by atoms with Crippen LogP contribution in [-0.2, 0) is 6.54 Å². The van der Waals surface area contributed by atoms with Crippen LogP contribution in [0, 0.1) is 12.8 Å². The number of hydrogen-bond donors (Lipinski definition) is 1. The molecule has 0 aromatic carbocycles. The molecule has 0 radical (unpaired) electrons. The standard InChI is InChI=1S/C13H22N4/c1-3-11-5-4-6-17(8-11)9-13-15-10(2)7-12(14)16-13/h7,11H,3-6,8-9H2,1-2H3,(H2,14,15,16). The molecule has 94 valence electrons. The molecule has 1 aliphatic heterocycles. The maximum absolute atomic E-state index is 5.75. The number of anilines is 1. The Morgan fingerprint density at radius 3 is 3.00 bits per heavy atom. The highest BCUT2D eigenvalue weighted by atomic mass is 15.2. The van der Waals surface area contributed by atoms with E-state index in [4.69, 9.17) is 5.73 Å². The minimum absolute atomic E-state index is 0.580. The molecule has 4 heteroatoms. The second-order valence-corrected chi connectivity index (χ2v) is 5.00. The molecule has 1 fully saturated rings. The Morgan fingerprint density at radius 1 is 1.47 bits per heavy atom. The molecule has 1 saturated heterocycles. The van der Waals surface area contributed by atoms with Gasteiger partial charge in [0.2, 0.25) is 0 Å². The number of aromatic nitrogens is 2. The molecule has 1 atom stereocenters. The van der Waals surface area contributed by atoms with E-state index in [0.717, 1.165) is 30.5 Å². The SMILES string of the molecule is CCC1CCCN(Cc2nc(C)cc(N)n2)C1. The fraction of sp³-hybridized carbons (Fsp3) is 0.692. The summed E-state index contributed by atoms with van der Waals surface area (Å²) >= 11 is 0. The van der Waals surface area contributed by atoms with Crippen LogP contribution in [0.15, 0.2) is 6.07 Å². The third-order valence-electron chi connectivity index (χ3n) is 3.47. The van der Waals surface area contributed by atoms with Crippen LogP contribution >= 0.6 is 0 Å². The zero-order valence-corrected chi connectivity index (χ0v) is 10.8. The summed E-state index contributed by atoms with van der Waals surface area (Å²) in [5, 5.41) is 0. The molecule has 1 unspecified atom stereocenters. The topological polar surface area (TPSA) is 55.0 Å². The van der Waals surface area contributed by atoms with E-state index in [-0.39, 0.29) is 0 Å². The number of aryl methyl sites for hydroxylation is 1. The van der Waals surface area contributed by atoms with Gasteiger partial charge in [-0.25, -0.2) is 9.97 Å². The van der Waals surface area contributed by atoms with E-state index < -0.39 is 0 Å². The molecule has 1 aromatic rings. The highest BCUT2D eigenvalue weighted by molar-refractivity contribution is 5.29. The van der Waals surface area contributed by atoms with Gasteiger partial charge in [-0.1, -0.05) is 13.3 Å². The first kappa shape index (κ1) is 12.3. The molecule has 0 aliphatic carbocycles. The summed E-state index contributed by atoms with van der Waals surface area (Å²) in [5.41, 5.74) is 6.70. The largest absolute Gasteiger partial charge is 0.384 e. The number of rotatable bonds is 3. The Morgan fingerprint density at radius 2 is 2.29 bits per heavy atom. The van der Waals surface area contributed by atoms with E-state index in [1.807, 2.05) is 13.0 Å². The highest BCUT2D eigenvalue weighted by Gasteiger charge is 2.19. The van der Waals surface area contributed by atoms with Gasteiger partial charge in [0.1, 0.15) is 11.6 Å². The van der Waals surface area contributed by atoms with E-state index in [0.29, 0.717) is 5.82 Å². The fourth-order valence-corrected chi connectivity index (χ4v) is 2.55. The molecular formula is C13H22N4. The van der Waals surface area contributed by atoms with Crippen molar-refractivity contribution in [3.63, 3.8) is 0 Å². The first-order valence-corrected chi connectivity index (χ1v) is 6.49. The second-order valence-electron chi connectivity index (χ2n) is 5.00. The monoisotopic (exact) mass is 234 g/mol. The second kappa shape index (κ2) is 5.45. The summed E-state index contributed by atoms with van der Waals surface area (Å²) in [6, 6.07) is 1.81. The van der Waals surface area contributed by atoms with Crippen molar-refractivity contribution in [1.29, 1.82) is 0 Å². The third kappa shape index (κ3) is 3.40. The minimum Gasteiger partial charge on any atom is -0.384 e. The molecule has 1 aromatic heterocycles. The van der Waals surface area contributed by atoms with Crippen LogP contribution in [0.2, 0.25) is 0 Å². The van der Waals surface area contributed by atoms with Crippen molar-refractivity contribution in [2.75, 3.05) is 18.8 Å². The molecule has 2 heterocycles. The van der Waals surface area contributed by atoms with Gasteiger partial charge in [0.15, 0.2) is 0 Å². The van der Waals surface area contributed by atoms with Gasteiger partial charge in [0.05, 0.1) is 6.54 Å². The number of likely N-dealkylation sites (tertiary alicyclic amines) is 1. The minimum atomic E-state index is 0.580. The fourth-order valence-electron chi connectivity index (χ4n) is 2.55. The third-order valence-corrected chi connectivity index (χ3v) is 3.47. The van der Waals surface area contributed by atoms with Crippen LogP contribution in [0.5, 0.6) is 0 Å². The van der Waals surface area contributed by atoms with Gasteiger partial charge in [-0.05, 0) is 32.2 Å². The molecular weight excluding hydrogens is 212 g/mol. The highest BCUT2D eigenvalue weighted by Crippen LogP contribution is 2.20. The van der Waals surface area contributed by atoms with Crippen molar-refractivity contribution in [2.45, 2.75) is 39.7 Å². The molecule has 0 saturated carbocycles. The lowest BCUT2D eigenvalue weighted by Gasteiger charge is -2.31. The van der Waals surface area contributed by atoms with Gasteiger partial charge >= 0.3 is 0 Å². The number of nitrogens with two attached hydrogens (primary N) is 1. The predicted molar refractivity (Wildman–Crippen MR) is 69.5 cm³/mol. The molecule has 2 N–H and O–H groups in total. The van der Waals surface area contributed by atoms with Gasteiger partial charge in [0, 0.05) is 18.3 Å². The molecule has 0 spiro atoms. The van der Waals surface area contributed by atoms with Gasteiger partial charge in [-0.2, -0.15) is 0 Å². The normalized spacial score (nSPS) is 21.6. The van der Waals surface area contributed by atoms with Crippen LogP contribution in [0.4, 0.5) is 5.82 Å². The van der Waals surface area contributed by atoms with Crippen molar-refractivity contribution in [3.8, 4) is 0 Å².